The van der Waals surface area contributed by atoms with Crippen molar-refractivity contribution in [3.63, 3.8) is 0 Å². The van der Waals surface area contributed by atoms with Crippen LogP contribution in [-0.4, -0.2) is 63.5 Å². The minimum Gasteiger partial charge on any atom is -0.383 e. The summed E-state index contributed by atoms with van der Waals surface area (Å²) in [5, 5.41) is 4.22. The molecule has 0 aliphatic carbocycles. The quantitative estimate of drug-likeness (QED) is 0.843. The van der Waals surface area contributed by atoms with Gasteiger partial charge in [0.05, 0.1) is 17.1 Å². The maximum atomic E-state index is 12.7. The number of likely N-dealkylation sites (N-methyl/N-ethyl adjacent to an activating group) is 1. The molecule has 1 fully saturated rings. The van der Waals surface area contributed by atoms with Crippen molar-refractivity contribution >= 4 is 33.3 Å². The first-order valence-electron chi connectivity index (χ1n) is 7.72. The number of hydrogen-bond donors (Lipinski definition) is 1. The van der Waals surface area contributed by atoms with Gasteiger partial charge < -0.3 is 15.5 Å². The van der Waals surface area contributed by atoms with Crippen LogP contribution in [0.3, 0.4) is 0 Å². The summed E-state index contributed by atoms with van der Waals surface area (Å²) < 4.78 is 2.37. The smallest absolute Gasteiger partial charge is 0.227 e. The Morgan fingerprint density at radius 3 is 2.91 bits per heavy atom. The third-order valence-corrected chi connectivity index (χ3v) is 4.91. The second-order valence-electron chi connectivity index (χ2n) is 6.00. The molecule has 2 N–H and O–H groups in total. The Hall–Kier alpha value is -1.67. The number of aryl methyl sites for hydroxylation is 1. The highest BCUT2D eigenvalue weighted by Gasteiger charge is 2.21. The van der Waals surface area contributed by atoms with Gasteiger partial charge in [0, 0.05) is 30.9 Å². The van der Waals surface area contributed by atoms with Gasteiger partial charge in [-0.15, -0.1) is 0 Å². The van der Waals surface area contributed by atoms with Crippen molar-refractivity contribution < 1.29 is 4.79 Å². The van der Waals surface area contributed by atoms with Crippen molar-refractivity contribution in [2.45, 2.75) is 19.8 Å². The molecule has 1 aliphatic heterocycles. The number of nitrogens with zero attached hydrogens (tertiary/aromatic N) is 5. The molecule has 8 heteroatoms. The summed E-state index contributed by atoms with van der Waals surface area (Å²) >= 11 is 3.41. The summed E-state index contributed by atoms with van der Waals surface area (Å²) in [6.07, 6.45) is 2.93. The van der Waals surface area contributed by atoms with E-state index in [9.17, 15) is 4.79 Å². The first-order valence-corrected chi connectivity index (χ1v) is 8.51. The van der Waals surface area contributed by atoms with Crippen LogP contribution in [0.15, 0.2) is 10.7 Å². The van der Waals surface area contributed by atoms with Crippen LogP contribution >= 0.6 is 15.9 Å². The third-order valence-electron chi connectivity index (χ3n) is 4.35. The fourth-order valence-electron chi connectivity index (χ4n) is 2.92. The summed E-state index contributed by atoms with van der Waals surface area (Å²) in [5.74, 6) is 0.584. The second kappa shape index (κ2) is 6.45. The predicted molar refractivity (Wildman–Crippen MR) is 92.2 cm³/mol. The molecule has 2 aromatic rings. The van der Waals surface area contributed by atoms with Crippen molar-refractivity contribution in [1.82, 2.24) is 24.4 Å². The van der Waals surface area contributed by atoms with Crippen molar-refractivity contribution in [3.8, 4) is 0 Å². The molecule has 23 heavy (non-hydrogen) atoms. The van der Waals surface area contributed by atoms with Gasteiger partial charge in [0.25, 0.3) is 0 Å². The molecule has 1 amide bonds. The molecule has 3 rings (SSSR count). The van der Waals surface area contributed by atoms with Crippen LogP contribution < -0.4 is 5.73 Å². The Balaban J connectivity index is 1.84. The Bertz CT molecular complexity index is 743. The number of carbonyl (C=O) groups is 1. The average molecular weight is 381 g/mol. The van der Waals surface area contributed by atoms with Crippen LogP contribution in [0.4, 0.5) is 5.82 Å². The molecule has 0 saturated carbocycles. The van der Waals surface area contributed by atoms with E-state index < -0.39 is 0 Å². The molecule has 7 nitrogen and oxygen atoms in total. The number of amides is 1. The molecule has 0 aromatic carbocycles. The molecule has 2 aromatic heterocycles. The Labute approximate surface area is 143 Å². The van der Waals surface area contributed by atoms with Gasteiger partial charge in [-0.1, -0.05) is 0 Å². The SMILES string of the molecule is Cc1nc2c(Br)cnn2c(N)c1CC(=O)N1CCCN(C)CC1. The standard InChI is InChI=1S/C15H21BrN6O/c1-10-11(14(17)22-15(19-10)12(16)9-18-22)8-13(23)21-5-3-4-20(2)6-7-21/h9H,3-8,17H2,1-2H3. The Morgan fingerprint density at radius 2 is 2.13 bits per heavy atom. The van der Waals surface area contributed by atoms with Gasteiger partial charge >= 0.3 is 0 Å². The van der Waals surface area contributed by atoms with E-state index in [1.807, 2.05) is 11.8 Å². The lowest BCUT2D eigenvalue weighted by Crippen LogP contribution is -2.36. The van der Waals surface area contributed by atoms with E-state index >= 15 is 0 Å². The van der Waals surface area contributed by atoms with Crippen molar-refractivity contribution in [2.75, 3.05) is 39.0 Å². The summed E-state index contributed by atoms with van der Waals surface area (Å²) in [5.41, 5.74) is 8.43. The van der Waals surface area contributed by atoms with Crippen LogP contribution in [0.5, 0.6) is 0 Å². The molecule has 3 heterocycles. The van der Waals surface area contributed by atoms with Gasteiger partial charge in [-0.25, -0.2) is 4.98 Å². The first-order chi connectivity index (χ1) is 11.0. The van der Waals surface area contributed by atoms with E-state index in [2.05, 4.69) is 38.0 Å². The van der Waals surface area contributed by atoms with E-state index in [1.54, 1.807) is 10.7 Å². The minimum absolute atomic E-state index is 0.0995. The number of nitrogens with two attached hydrogens (primary N) is 1. The normalized spacial score (nSPS) is 16.7. The molecule has 124 valence electrons. The molecular weight excluding hydrogens is 360 g/mol. The molecule has 1 saturated heterocycles. The van der Waals surface area contributed by atoms with Crippen LogP contribution in [0.25, 0.3) is 5.65 Å². The lowest BCUT2D eigenvalue weighted by molar-refractivity contribution is -0.130. The molecule has 0 spiro atoms. The zero-order valence-electron chi connectivity index (χ0n) is 13.4. The lowest BCUT2D eigenvalue weighted by Gasteiger charge is -2.21. The van der Waals surface area contributed by atoms with Crippen molar-refractivity contribution in [1.29, 1.82) is 0 Å². The summed E-state index contributed by atoms with van der Waals surface area (Å²) in [6, 6.07) is 0. The van der Waals surface area contributed by atoms with E-state index in [0.29, 0.717) is 11.5 Å². The lowest BCUT2D eigenvalue weighted by atomic mass is 10.1. The fourth-order valence-corrected chi connectivity index (χ4v) is 3.26. The van der Waals surface area contributed by atoms with Crippen LogP contribution in [0.1, 0.15) is 17.7 Å². The van der Waals surface area contributed by atoms with E-state index in [-0.39, 0.29) is 12.3 Å². The highest BCUT2D eigenvalue weighted by Crippen LogP contribution is 2.23. The second-order valence-corrected chi connectivity index (χ2v) is 6.86. The van der Waals surface area contributed by atoms with Crippen LogP contribution in [0, 0.1) is 6.92 Å². The summed E-state index contributed by atoms with van der Waals surface area (Å²) in [7, 11) is 2.09. The number of hydrogen-bond acceptors (Lipinski definition) is 5. The fraction of sp³-hybridized carbons (Fsp3) is 0.533. The highest BCUT2D eigenvalue weighted by atomic mass is 79.9. The number of halogens is 1. The Kier molecular flexibility index (Phi) is 4.54. The van der Waals surface area contributed by atoms with E-state index in [0.717, 1.165) is 48.3 Å². The number of carbonyl (C=O) groups excluding carboxylic acids is 1. The molecule has 0 unspecified atom stereocenters. The van der Waals surface area contributed by atoms with Gasteiger partial charge in [0.1, 0.15) is 5.82 Å². The van der Waals surface area contributed by atoms with Gasteiger partial charge in [-0.2, -0.15) is 9.61 Å². The number of nitrogen functional groups attached to an aromatic ring is 1. The van der Waals surface area contributed by atoms with Crippen molar-refractivity contribution in [2.24, 2.45) is 0 Å². The third kappa shape index (κ3) is 3.18. The topological polar surface area (TPSA) is 79.8 Å². The summed E-state index contributed by atoms with van der Waals surface area (Å²) in [4.78, 5) is 21.4. The zero-order valence-corrected chi connectivity index (χ0v) is 15.0. The zero-order chi connectivity index (χ0) is 16.6. The van der Waals surface area contributed by atoms with Gasteiger partial charge in [0.15, 0.2) is 5.65 Å². The molecular formula is C15H21BrN6O. The highest BCUT2D eigenvalue weighted by molar-refractivity contribution is 9.10. The number of rotatable bonds is 2. The van der Waals surface area contributed by atoms with Crippen LogP contribution in [0.2, 0.25) is 0 Å². The number of fused-ring (bicyclic) bond motifs is 1. The van der Waals surface area contributed by atoms with Crippen molar-refractivity contribution in [3.05, 3.63) is 21.9 Å². The minimum atomic E-state index is 0.0995. The summed E-state index contributed by atoms with van der Waals surface area (Å²) in [6.45, 7) is 5.38. The number of anilines is 1. The number of aromatic nitrogens is 3. The van der Waals surface area contributed by atoms with Gasteiger partial charge in [-0.05, 0) is 42.9 Å². The van der Waals surface area contributed by atoms with Gasteiger partial charge in [-0.3, -0.25) is 4.79 Å². The van der Waals surface area contributed by atoms with Gasteiger partial charge in [0.2, 0.25) is 5.91 Å². The largest absolute Gasteiger partial charge is 0.383 e. The molecule has 1 aliphatic rings. The Morgan fingerprint density at radius 1 is 1.35 bits per heavy atom. The molecule has 0 bridgehead atoms. The average Bonchev–Trinajstić information content (AvgIpc) is 2.74. The maximum absolute atomic E-state index is 12.7. The predicted octanol–water partition coefficient (Wildman–Crippen LogP) is 1.09. The maximum Gasteiger partial charge on any atom is 0.227 e. The van der Waals surface area contributed by atoms with Crippen LogP contribution in [-0.2, 0) is 11.2 Å². The monoisotopic (exact) mass is 380 g/mol. The van der Waals surface area contributed by atoms with E-state index in [1.165, 1.54) is 0 Å². The van der Waals surface area contributed by atoms with E-state index in [4.69, 9.17) is 5.73 Å². The molecule has 0 radical (unpaired) electrons. The first kappa shape index (κ1) is 16.2. The molecule has 0 atom stereocenters.